The molecule has 0 spiro atoms. The highest BCUT2D eigenvalue weighted by atomic mass is 16.5. The Kier molecular flexibility index (Phi) is 12.0. The topological polar surface area (TPSA) is 117 Å². The molecule has 8 heteroatoms. The number of methoxy groups -OCH3 is 1. The molecule has 1 unspecified atom stereocenters. The van der Waals surface area contributed by atoms with Crippen LogP contribution >= 0.6 is 0 Å². The molecule has 0 saturated carbocycles. The SMILES string of the molecule is CC.CC.CCOc1ncc(C)c2c1C(c1ccc(C#N)cc1OC)C(C(=O)NCc1ccc(O)cc1)=C(C)N2. The molecule has 0 radical (unpaired) electrons. The summed E-state index contributed by atoms with van der Waals surface area (Å²) in [6, 6.07) is 14.0. The summed E-state index contributed by atoms with van der Waals surface area (Å²) in [5, 5.41) is 25.4. The van der Waals surface area contributed by atoms with Crippen LogP contribution in [0.1, 0.15) is 75.3 Å². The molecule has 40 heavy (non-hydrogen) atoms. The van der Waals surface area contributed by atoms with Gasteiger partial charge in [-0.1, -0.05) is 45.9 Å². The third-order valence-electron chi connectivity index (χ3n) is 6.15. The molecule has 3 N–H and O–H groups in total. The molecule has 3 aromatic rings. The number of hydrogen-bond donors (Lipinski definition) is 3. The first-order chi connectivity index (χ1) is 19.4. The fraction of sp³-hybridized carbons (Fsp3) is 0.344. The van der Waals surface area contributed by atoms with Gasteiger partial charge in [0.1, 0.15) is 11.5 Å². The molecule has 1 amide bonds. The van der Waals surface area contributed by atoms with Gasteiger partial charge in [0, 0.05) is 29.6 Å². The molecule has 2 heterocycles. The minimum absolute atomic E-state index is 0.163. The Morgan fingerprint density at radius 1 is 1.12 bits per heavy atom. The second kappa shape index (κ2) is 15.2. The van der Waals surface area contributed by atoms with Crippen LogP contribution in [0.25, 0.3) is 0 Å². The van der Waals surface area contributed by atoms with Gasteiger partial charge in [-0.2, -0.15) is 5.26 Å². The summed E-state index contributed by atoms with van der Waals surface area (Å²) in [5.41, 5.74) is 5.70. The van der Waals surface area contributed by atoms with Crippen molar-refractivity contribution >= 4 is 11.6 Å². The number of carbonyl (C=O) groups is 1. The lowest BCUT2D eigenvalue weighted by molar-refractivity contribution is -0.117. The molecular weight excluding hydrogens is 504 g/mol. The zero-order valence-corrected chi connectivity index (χ0v) is 24.7. The molecule has 2 aromatic carbocycles. The summed E-state index contributed by atoms with van der Waals surface area (Å²) in [6.45, 7) is 14.4. The number of pyridine rings is 1. The molecule has 1 aliphatic rings. The number of amides is 1. The highest BCUT2D eigenvalue weighted by Gasteiger charge is 2.37. The van der Waals surface area contributed by atoms with Crippen LogP contribution in [0, 0.1) is 18.3 Å². The maximum absolute atomic E-state index is 13.7. The monoisotopic (exact) mass is 544 g/mol. The maximum Gasteiger partial charge on any atom is 0.250 e. The van der Waals surface area contributed by atoms with Crippen LogP contribution in [0.2, 0.25) is 0 Å². The third-order valence-corrected chi connectivity index (χ3v) is 6.15. The average Bonchev–Trinajstić information content (AvgIpc) is 2.99. The number of phenols is 1. The van der Waals surface area contributed by atoms with Crippen molar-refractivity contribution < 1.29 is 19.4 Å². The van der Waals surface area contributed by atoms with Crippen LogP contribution in [0.5, 0.6) is 17.4 Å². The van der Waals surface area contributed by atoms with E-state index in [1.165, 1.54) is 0 Å². The van der Waals surface area contributed by atoms with Gasteiger partial charge < -0.3 is 25.2 Å². The van der Waals surface area contributed by atoms with E-state index >= 15 is 0 Å². The first-order valence-corrected chi connectivity index (χ1v) is 13.6. The first-order valence-electron chi connectivity index (χ1n) is 13.6. The van der Waals surface area contributed by atoms with Gasteiger partial charge in [-0.25, -0.2) is 4.98 Å². The number of aryl methyl sites for hydroxylation is 1. The van der Waals surface area contributed by atoms with Crippen LogP contribution in [0.15, 0.2) is 59.9 Å². The molecule has 0 aliphatic carbocycles. The average molecular weight is 545 g/mol. The fourth-order valence-electron chi connectivity index (χ4n) is 4.43. The van der Waals surface area contributed by atoms with Crippen molar-refractivity contribution in [2.75, 3.05) is 19.0 Å². The van der Waals surface area contributed by atoms with E-state index < -0.39 is 5.92 Å². The lowest BCUT2D eigenvalue weighted by Crippen LogP contribution is -2.32. The van der Waals surface area contributed by atoms with Gasteiger partial charge in [-0.3, -0.25) is 4.79 Å². The van der Waals surface area contributed by atoms with E-state index in [0.717, 1.165) is 27.9 Å². The molecule has 1 aromatic heterocycles. The summed E-state index contributed by atoms with van der Waals surface area (Å²) in [5.74, 6) is 0.263. The number of nitrogens with zero attached hydrogens (tertiary/aromatic N) is 2. The van der Waals surface area contributed by atoms with Crippen molar-refractivity contribution in [2.45, 2.75) is 60.9 Å². The van der Waals surface area contributed by atoms with E-state index in [-0.39, 0.29) is 18.2 Å². The van der Waals surface area contributed by atoms with E-state index in [1.807, 2.05) is 54.5 Å². The molecule has 0 fully saturated rings. The summed E-state index contributed by atoms with van der Waals surface area (Å²) < 4.78 is 11.6. The van der Waals surface area contributed by atoms with E-state index in [2.05, 4.69) is 21.7 Å². The van der Waals surface area contributed by atoms with E-state index in [9.17, 15) is 15.2 Å². The van der Waals surface area contributed by atoms with Gasteiger partial charge in [-0.15, -0.1) is 0 Å². The van der Waals surface area contributed by atoms with Gasteiger partial charge in [0.15, 0.2) is 0 Å². The number of hydrogen-bond acceptors (Lipinski definition) is 7. The lowest BCUT2D eigenvalue weighted by atomic mass is 9.79. The maximum atomic E-state index is 13.7. The Morgan fingerprint density at radius 3 is 2.40 bits per heavy atom. The fourth-order valence-corrected chi connectivity index (χ4v) is 4.43. The van der Waals surface area contributed by atoms with Crippen molar-refractivity contribution in [1.29, 1.82) is 5.26 Å². The van der Waals surface area contributed by atoms with Crippen molar-refractivity contribution in [2.24, 2.45) is 0 Å². The zero-order valence-electron chi connectivity index (χ0n) is 24.7. The number of carbonyl (C=O) groups excluding carboxylic acids is 1. The lowest BCUT2D eigenvalue weighted by Gasteiger charge is -2.33. The van der Waals surface area contributed by atoms with Gasteiger partial charge in [0.2, 0.25) is 11.8 Å². The second-order valence-electron chi connectivity index (χ2n) is 8.48. The molecule has 1 aliphatic heterocycles. The van der Waals surface area contributed by atoms with E-state index in [0.29, 0.717) is 35.1 Å². The predicted octanol–water partition coefficient (Wildman–Crippen LogP) is 6.57. The Hall–Kier alpha value is -4.51. The van der Waals surface area contributed by atoms with Crippen molar-refractivity contribution in [1.82, 2.24) is 10.3 Å². The summed E-state index contributed by atoms with van der Waals surface area (Å²) >= 11 is 0. The Balaban J connectivity index is 0.00000134. The largest absolute Gasteiger partial charge is 0.508 e. The van der Waals surface area contributed by atoms with Crippen LogP contribution in [-0.4, -0.2) is 29.7 Å². The summed E-state index contributed by atoms with van der Waals surface area (Å²) in [4.78, 5) is 18.2. The van der Waals surface area contributed by atoms with Gasteiger partial charge in [-0.05, 0) is 56.2 Å². The van der Waals surface area contributed by atoms with E-state index in [1.54, 1.807) is 49.7 Å². The number of allylic oxidation sites excluding steroid dienone is 1. The number of nitriles is 1. The van der Waals surface area contributed by atoms with E-state index in [4.69, 9.17) is 9.47 Å². The summed E-state index contributed by atoms with van der Waals surface area (Å²) in [7, 11) is 1.54. The molecular formula is C32H40N4O4. The predicted molar refractivity (Wildman–Crippen MR) is 159 cm³/mol. The zero-order chi connectivity index (χ0) is 29.8. The minimum Gasteiger partial charge on any atom is -0.508 e. The summed E-state index contributed by atoms with van der Waals surface area (Å²) in [6.07, 6.45) is 1.74. The highest BCUT2D eigenvalue weighted by molar-refractivity contribution is 5.99. The highest BCUT2D eigenvalue weighted by Crippen LogP contribution is 2.49. The number of aromatic nitrogens is 1. The van der Waals surface area contributed by atoms with Crippen molar-refractivity contribution in [3.05, 3.63) is 87.7 Å². The van der Waals surface area contributed by atoms with Crippen LogP contribution in [-0.2, 0) is 11.3 Å². The molecule has 4 rings (SSSR count). The van der Waals surface area contributed by atoms with Crippen molar-refractivity contribution in [3.8, 4) is 23.4 Å². The number of anilines is 1. The number of nitrogens with one attached hydrogen (secondary N) is 2. The van der Waals surface area contributed by atoms with Crippen LogP contribution in [0.4, 0.5) is 5.69 Å². The number of phenolic OH excluding ortho intramolecular Hbond substituents is 1. The smallest absolute Gasteiger partial charge is 0.250 e. The Bertz CT molecular complexity index is 1370. The Labute approximate surface area is 237 Å². The number of rotatable bonds is 7. The number of ether oxygens (including phenoxy) is 2. The molecule has 212 valence electrons. The minimum atomic E-state index is -0.558. The molecule has 0 bridgehead atoms. The van der Waals surface area contributed by atoms with Crippen molar-refractivity contribution in [3.63, 3.8) is 0 Å². The number of aromatic hydroxyl groups is 1. The molecule has 0 saturated heterocycles. The third kappa shape index (κ3) is 6.92. The van der Waals surface area contributed by atoms with Gasteiger partial charge in [0.05, 0.1) is 42.5 Å². The molecule has 1 atom stereocenters. The van der Waals surface area contributed by atoms with Gasteiger partial charge >= 0.3 is 0 Å². The van der Waals surface area contributed by atoms with Crippen LogP contribution < -0.4 is 20.1 Å². The number of fused-ring (bicyclic) bond motifs is 1. The van der Waals surface area contributed by atoms with Crippen LogP contribution in [0.3, 0.4) is 0 Å². The number of benzene rings is 2. The quantitative estimate of drug-likeness (QED) is 0.308. The second-order valence-corrected chi connectivity index (χ2v) is 8.48. The first kappa shape index (κ1) is 31.7. The normalized spacial score (nSPS) is 13.2. The Morgan fingerprint density at radius 2 is 1.80 bits per heavy atom. The van der Waals surface area contributed by atoms with Gasteiger partial charge in [0.25, 0.3) is 0 Å². The standard InChI is InChI=1S/C28H28N4O4.2C2H6/c1-5-36-28-25-24(21-11-8-19(13-29)12-22(21)35-4)23(17(3)32-26(25)16(2)14-31-28)27(34)30-15-18-6-9-20(33)10-7-18;2*1-2/h6-12,14,24,32-33H,5,15H2,1-4H3,(H,30,34);2*1-2H3. The molecule has 8 nitrogen and oxygen atoms in total.